The standard InChI is InChI=1S/3C18H15P.BrH.Rh/c3*1-4-10-16(11-5-1)19(17-12-6-2-7-13-17)18-14-8-3-9-15-18;;/h3*1-15H;1H;/q;;;;+1/p-1. The third kappa shape index (κ3) is 13.2. The van der Waals surface area contributed by atoms with Crippen LogP contribution in [-0.2, 0) is 16.3 Å². The van der Waals surface area contributed by atoms with Crippen molar-refractivity contribution in [3.63, 3.8) is 0 Å². The molecule has 0 aromatic heterocycles. The molecule has 0 saturated carbocycles. The minimum absolute atomic E-state index is 0.446. The van der Waals surface area contributed by atoms with Gasteiger partial charge in [-0.2, -0.15) is 0 Å². The second kappa shape index (κ2) is 25.1. The Bertz CT molecular complexity index is 1870. The maximum absolute atomic E-state index is 2.83. The first-order chi connectivity index (χ1) is 29.3. The fourth-order valence-electron chi connectivity index (χ4n) is 6.54. The van der Waals surface area contributed by atoms with E-state index in [4.69, 9.17) is 0 Å². The van der Waals surface area contributed by atoms with E-state index < -0.39 is 23.8 Å². The summed E-state index contributed by atoms with van der Waals surface area (Å²) in [6.45, 7) is 0. The van der Waals surface area contributed by atoms with Crippen molar-refractivity contribution in [3.8, 4) is 0 Å². The van der Waals surface area contributed by atoms with E-state index in [1.165, 1.54) is 47.7 Å². The molecule has 0 aliphatic carbocycles. The maximum Gasteiger partial charge on any atom is -0.0134 e. The van der Waals surface area contributed by atoms with Crippen LogP contribution in [0.3, 0.4) is 0 Å². The number of benzene rings is 9. The Morgan fingerprint density at radius 3 is 0.339 bits per heavy atom. The van der Waals surface area contributed by atoms with E-state index in [0.29, 0.717) is 0 Å². The fraction of sp³-hybridized carbons (Fsp3) is 0. The average molecular weight is 970 g/mol. The molecule has 0 bridgehead atoms. The second-order valence-corrected chi connectivity index (χ2v) is 19.7. The van der Waals surface area contributed by atoms with E-state index in [1.54, 1.807) is 0 Å². The molecular formula is C54H45BrP3Rh. The summed E-state index contributed by atoms with van der Waals surface area (Å²) in [4.78, 5) is 0. The monoisotopic (exact) mass is 968 g/mol. The van der Waals surface area contributed by atoms with Crippen molar-refractivity contribution in [1.29, 1.82) is 0 Å². The summed E-state index contributed by atoms with van der Waals surface area (Å²) < 4.78 is 0. The van der Waals surface area contributed by atoms with Crippen LogP contribution < -0.4 is 47.7 Å². The van der Waals surface area contributed by atoms with Crippen molar-refractivity contribution in [1.82, 2.24) is 0 Å². The van der Waals surface area contributed by atoms with Crippen LogP contribution in [0.25, 0.3) is 0 Å². The molecular weight excluding hydrogens is 924 g/mol. The summed E-state index contributed by atoms with van der Waals surface area (Å²) >= 11 is 5.19. The molecule has 0 spiro atoms. The van der Waals surface area contributed by atoms with Crippen LogP contribution in [0, 0.1) is 0 Å². The minimum Gasteiger partial charge on any atom is -0.0622 e. The van der Waals surface area contributed by atoms with Crippen molar-refractivity contribution in [2.24, 2.45) is 0 Å². The Morgan fingerprint density at radius 2 is 0.254 bits per heavy atom. The summed E-state index contributed by atoms with van der Waals surface area (Å²) in [5, 5.41) is 12.6. The van der Waals surface area contributed by atoms with Crippen LogP contribution in [0.5, 0.6) is 0 Å². The van der Waals surface area contributed by atoms with Gasteiger partial charge in [0.1, 0.15) is 0 Å². The first-order valence-electron chi connectivity index (χ1n) is 19.3. The Kier molecular flexibility index (Phi) is 18.7. The van der Waals surface area contributed by atoms with Crippen molar-refractivity contribution < 1.29 is 16.3 Å². The zero-order chi connectivity index (χ0) is 40.7. The molecule has 59 heavy (non-hydrogen) atoms. The van der Waals surface area contributed by atoms with Gasteiger partial charge in [0.2, 0.25) is 0 Å². The van der Waals surface area contributed by atoms with Gasteiger partial charge in [-0.15, -0.1) is 0 Å². The minimum atomic E-state index is -0.446. The van der Waals surface area contributed by atoms with Gasteiger partial charge in [0.15, 0.2) is 0 Å². The van der Waals surface area contributed by atoms with Gasteiger partial charge in [-0.05, 0) is 71.5 Å². The molecule has 0 N–H and O–H groups in total. The molecule has 9 rings (SSSR count). The predicted octanol–water partition coefficient (Wildman–Crippen LogP) is 11.2. The van der Waals surface area contributed by atoms with E-state index in [1.807, 2.05) is 0 Å². The zero-order valence-electron chi connectivity index (χ0n) is 32.5. The molecule has 0 saturated heterocycles. The summed E-state index contributed by atoms with van der Waals surface area (Å²) in [6, 6.07) is 97.0. The zero-order valence-corrected chi connectivity index (χ0v) is 38.4. The van der Waals surface area contributed by atoms with Crippen molar-refractivity contribution >= 4 is 85.1 Å². The summed E-state index contributed by atoms with van der Waals surface area (Å²) in [5.74, 6) is 0. The SMILES string of the molecule is [Br][Rh].c1ccc(P(c2ccccc2)c2ccccc2)cc1.c1ccc(P(c2ccccc2)c2ccccc2)cc1.c1ccc(P(c2ccccc2)c2ccccc2)cc1. The number of halogens is 1. The maximum atomic E-state index is 2.83. The Morgan fingerprint density at radius 1 is 0.169 bits per heavy atom. The van der Waals surface area contributed by atoms with Crippen LogP contribution in [0.4, 0.5) is 0 Å². The van der Waals surface area contributed by atoms with Gasteiger partial charge in [0.05, 0.1) is 0 Å². The number of hydrogen-bond acceptors (Lipinski definition) is 0. The molecule has 0 unspecified atom stereocenters. The van der Waals surface area contributed by atoms with Gasteiger partial charge in [-0.25, -0.2) is 0 Å². The van der Waals surface area contributed by atoms with Crippen molar-refractivity contribution in [2.75, 3.05) is 0 Å². The Balaban J connectivity index is 0.000000146. The molecule has 292 valence electrons. The molecule has 9 aromatic rings. The van der Waals surface area contributed by atoms with Gasteiger partial charge < -0.3 is 0 Å². The van der Waals surface area contributed by atoms with Gasteiger partial charge in [0, 0.05) is 0 Å². The van der Waals surface area contributed by atoms with Gasteiger partial charge in [-0.1, -0.05) is 273 Å². The third-order valence-electron chi connectivity index (χ3n) is 9.13. The third-order valence-corrected chi connectivity index (χ3v) is 16.5. The summed E-state index contributed by atoms with van der Waals surface area (Å²) in [7, 11) is -1.34. The topological polar surface area (TPSA) is 0 Å². The van der Waals surface area contributed by atoms with Crippen LogP contribution in [0.2, 0.25) is 0 Å². The molecule has 9 aromatic carbocycles. The van der Waals surface area contributed by atoms with E-state index >= 15 is 0 Å². The smallest absolute Gasteiger partial charge is 0.0134 e. The van der Waals surface area contributed by atoms with Crippen LogP contribution in [0.15, 0.2) is 273 Å². The van der Waals surface area contributed by atoms with E-state index in [0.717, 1.165) is 0 Å². The second-order valence-electron chi connectivity index (χ2n) is 13.0. The molecule has 0 fully saturated rings. The molecule has 0 aliphatic heterocycles. The normalized spacial score (nSPS) is 10.3. The van der Waals surface area contributed by atoms with Crippen molar-refractivity contribution in [2.45, 2.75) is 0 Å². The molecule has 0 heterocycles. The van der Waals surface area contributed by atoms with Gasteiger partial charge >= 0.3 is 30.0 Å². The first kappa shape index (κ1) is 43.9. The molecule has 0 amide bonds. The van der Waals surface area contributed by atoms with E-state index in [2.05, 4.69) is 303 Å². The number of hydrogen-bond donors (Lipinski definition) is 0. The predicted molar refractivity (Wildman–Crippen MR) is 264 cm³/mol. The Labute approximate surface area is 371 Å². The molecule has 0 radical (unpaired) electrons. The average Bonchev–Trinajstić information content (AvgIpc) is 3.34. The quantitative estimate of drug-likeness (QED) is 0.0999. The van der Waals surface area contributed by atoms with Crippen LogP contribution in [-0.4, -0.2) is 0 Å². The molecule has 0 nitrogen and oxygen atoms in total. The summed E-state index contributed by atoms with van der Waals surface area (Å²) in [5.41, 5.74) is 0. The first-order valence-corrected chi connectivity index (χ1v) is 27.1. The Hall–Kier alpha value is -4.63. The molecule has 0 atom stereocenters. The number of rotatable bonds is 9. The fourth-order valence-corrected chi connectivity index (χ4v) is 13.5. The van der Waals surface area contributed by atoms with Gasteiger partial charge in [0.25, 0.3) is 0 Å². The summed E-state index contributed by atoms with van der Waals surface area (Å²) in [6.07, 6.45) is 0. The van der Waals surface area contributed by atoms with Crippen LogP contribution >= 0.6 is 37.4 Å². The van der Waals surface area contributed by atoms with E-state index in [-0.39, 0.29) is 0 Å². The van der Waals surface area contributed by atoms with Crippen molar-refractivity contribution in [3.05, 3.63) is 273 Å². The van der Waals surface area contributed by atoms with Crippen LogP contribution in [0.1, 0.15) is 0 Å². The van der Waals surface area contributed by atoms with Gasteiger partial charge in [-0.3, -0.25) is 0 Å². The largest absolute Gasteiger partial charge is 0.0622 e. The molecule has 5 heteroatoms. The van der Waals surface area contributed by atoms with E-state index in [9.17, 15) is 0 Å². The molecule has 0 aliphatic rings.